The zero-order valence-corrected chi connectivity index (χ0v) is 20.4. The van der Waals surface area contributed by atoms with E-state index in [1.165, 1.54) is 5.56 Å². The molecule has 3 aromatic carbocycles. The Morgan fingerprint density at radius 2 is 1.94 bits per heavy atom. The van der Waals surface area contributed by atoms with Crippen molar-refractivity contribution in [1.82, 2.24) is 10.3 Å². The van der Waals surface area contributed by atoms with Gasteiger partial charge >= 0.3 is 0 Å². The van der Waals surface area contributed by atoms with E-state index in [1.807, 2.05) is 30.3 Å². The molecule has 1 heterocycles. The van der Waals surface area contributed by atoms with Crippen LogP contribution in [0.3, 0.4) is 0 Å². The number of amides is 1. The number of nitrogens with one attached hydrogen (secondary N) is 2. The molecule has 0 saturated carbocycles. The van der Waals surface area contributed by atoms with E-state index in [2.05, 4.69) is 41.6 Å². The third-order valence-electron chi connectivity index (χ3n) is 5.40. The monoisotopic (exact) mass is 493 g/mol. The standard InChI is InChI=1S/C26H24ClN3O3S/c1-3-16(2)17-7-12-23-22(14-17)29-25(33-23)18-5-4-6-20(13-18)28-26(34)30-24(31)15-32-21-10-8-19(27)9-11-21/h4-14,16H,3,15H2,1-2H3,(H2,28,30,31,34)/t16-/m1/s1. The summed E-state index contributed by atoms with van der Waals surface area (Å²) in [6.45, 7) is 4.19. The number of fused-ring (bicyclic) bond motifs is 1. The van der Waals surface area contributed by atoms with E-state index < -0.39 is 0 Å². The van der Waals surface area contributed by atoms with E-state index in [0.717, 1.165) is 23.1 Å². The van der Waals surface area contributed by atoms with Crippen molar-refractivity contribution in [3.63, 3.8) is 0 Å². The molecule has 8 heteroatoms. The van der Waals surface area contributed by atoms with Crippen molar-refractivity contribution in [3.05, 3.63) is 77.3 Å². The van der Waals surface area contributed by atoms with Crippen molar-refractivity contribution < 1.29 is 13.9 Å². The number of ether oxygens (including phenoxy) is 1. The van der Waals surface area contributed by atoms with Gasteiger partial charge in [-0.3, -0.25) is 10.1 Å². The fraction of sp³-hybridized carbons (Fsp3) is 0.192. The zero-order chi connectivity index (χ0) is 24.1. The van der Waals surface area contributed by atoms with Crippen LogP contribution in [0.4, 0.5) is 5.69 Å². The molecule has 0 saturated heterocycles. The number of aromatic nitrogens is 1. The van der Waals surface area contributed by atoms with Gasteiger partial charge in [0.15, 0.2) is 17.3 Å². The third kappa shape index (κ3) is 5.92. The number of rotatable bonds is 7. The molecule has 0 fully saturated rings. The van der Waals surface area contributed by atoms with Gasteiger partial charge in [-0.15, -0.1) is 0 Å². The minimum absolute atomic E-state index is 0.164. The van der Waals surface area contributed by atoms with Gasteiger partial charge in [-0.1, -0.05) is 37.6 Å². The van der Waals surface area contributed by atoms with Crippen LogP contribution in [0.2, 0.25) is 5.02 Å². The summed E-state index contributed by atoms with van der Waals surface area (Å²) >= 11 is 11.1. The highest BCUT2D eigenvalue weighted by Crippen LogP contribution is 2.29. The molecule has 0 aliphatic heterocycles. The first-order valence-corrected chi connectivity index (χ1v) is 11.7. The summed E-state index contributed by atoms with van der Waals surface area (Å²) in [6, 6.07) is 20.4. The van der Waals surface area contributed by atoms with Crippen LogP contribution < -0.4 is 15.4 Å². The quantitative estimate of drug-likeness (QED) is 0.284. The molecule has 0 aliphatic rings. The largest absolute Gasteiger partial charge is 0.484 e. The zero-order valence-electron chi connectivity index (χ0n) is 18.8. The van der Waals surface area contributed by atoms with Crippen molar-refractivity contribution in [2.24, 2.45) is 0 Å². The van der Waals surface area contributed by atoms with Crippen molar-refractivity contribution >= 4 is 51.6 Å². The first kappa shape index (κ1) is 23.7. The highest BCUT2D eigenvalue weighted by atomic mass is 35.5. The van der Waals surface area contributed by atoms with Crippen molar-refractivity contribution in [2.75, 3.05) is 11.9 Å². The molecule has 0 bridgehead atoms. The van der Waals surface area contributed by atoms with Crippen LogP contribution in [0, 0.1) is 0 Å². The molecule has 4 aromatic rings. The van der Waals surface area contributed by atoms with Crippen LogP contribution >= 0.6 is 23.8 Å². The van der Waals surface area contributed by atoms with E-state index in [0.29, 0.717) is 28.3 Å². The second-order valence-electron chi connectivity index (χ2n) is 7.88. The minimum atomic E-state index is -0.375. The highest BCUT2D eigenvalue weighted by Gasteiger charge is 2.12. The van der Waals surface area contributed by atoms with E-state index in [4.69, 9.17) is 33.0 Å². The van der Waals surface area contributed by atoms with Gasteiger partial charge in [0.05, 0.1) is 0 Å². The third-order valence-corrected chi connectivity index (χ3v) is 5.85. The van der Waals surface area contributed by atoms with E-state index in [-0.39, 0.29) is 17.6 Å². The number of anilines is 1. The van der Waals surface area contributed by atoms with E-state index >= 15 is 0 Å². The molecular weight excluding hydrogens is 470 g/mol. The van der Waals surface area contributed by atoms with Gasteiger partial charge in [0.1, 0.15) is 11.3 Å². The van der Waals surface area contributed by atoms with E-state index in [9.17, 15) is 4.79 Å². The second-order valence-corrected chi connectivity index (χ2v) is 8.73. The summed E-state index contributed by atoms with van der Waals surface area (Å²) in [7, 11) is 0. The summed E-state index contributed by atoms with van der Waals surface area (Å²) in [4.78, 5) is 16.8. The van der Waals surface area contributed by atoms with Crippen molar-refractivity contribution in [3.8, 4) is 17.2 Å². The fourth-order valence-corrected chi connectivity index (χ4v) is 3.70. The van der Waals surface area contributed by atoms with Gasteiger partial charge in [0.2, 0.25) is 5.89 Å². The Hall–Kier alpha value is -3.42. The van der Waals surface area contributed by atoms with Gasteiger partial charge < -0.3 is 14.5 Å². The Bertz CT molecular complexity index is 1320. The van der Waals surface area contributed by atoms with Crippen LogP contribution in [-0.4, -0.2) is 22.6 Å². The number of thiocarbonyl (C=S) groups is 1. The van der Waals surface area contributed by atoms with Gasteiger partial charge in [0.25, 0.3) is 5.91 Å². The molecule has 1 aromatic heterocycles. The second kappa shape index (κ2) is 10.7. The highest BCUT2D eigenvalue weighted by molar-refractivity contribution is 7.80. The Kier molecular flexibility index (Phi) is 7.45. The maximum absolute atomic E-state index is 12.2. The van der Waals surface area contributed by atoms with Crippen molar-refractivity contribution in [2.45, 2.75) is 26.2 Å². The number of carbonyl (C=O) groups is 1. The fourth-order valence-electron chi connectivity index (χ4n) is 3.34. The normalized spacial score (nSPS) is 11.7. The topological polar surface area (TPSA) is 76.4 Å². The lowest BCUT2D eigenvalue weighted by Crippen LogP contribution is -2.37. The molecule has 0 spiro atoms. The molecule has 4 rings (SSSR count). The van der Waals surface area contributed by atoms with Gasteiger partial charge in [0, 0.05) is 16.3 Å². The summed E-state index contributed by atoms with van der Waals surface area (Å²) in [5.41, 5.74) is 4.31. The smallest absolute Gasteiger partial charge is 0.264 e. The van der Waals surface area contributed by atoms with Crippen LogP contribution in [0.25, 0.3) is 22.6 Å². The first-order valence-electron chi connectivity index (χ1n) is 10.9. The number of nitrogens with zero attached hydrogens (tertiary/aromatic N) is 1. The lowest BCUT2D eigenvalue weighted by atomic mass is 9.98. The number of hydrogen-bond donors (Lipinski definition) is 2. The summed E-state index contributed by atoms with van der Waals surface area (Å²) in [5, 5.41) is 6.38. The molecular formula is C26H24ClN3O3S. The molecule has 1 atom stereocenters. The van der Waals surface area contributed by atoms with Crippen LogP contribution in [0.15, 0.2) is 71.1 Å². The SMILES string of the molecule is CC[C@@H](C)c1ccc2oc(-c3cccc(NC(=S)NC(=O)COc4ccc(Cl)cc4)c3)nc2c1. The molecule has 0 aliphatic carbocycles. The van der Waals surface area contributed by atoms with Crippen LogP contribution in [-0.2, 0) is 4.79 Å². The lowest BCUT2D eigenvalue weighted by Gasteiger charge is -2.11. The number of oxazole rings is 1. The van der Waals surface area contributed by atoms with Gasteiger partial charge in [-0.25, -0.2) is 4.98 Å². The Labute approximate surface area is 208 Å². The van der Waals surface area contributed by atoms with Crippen LogP contribution in [0.5, 0.6) is 5.75 Å². The summed E-state index contributed by atoms with van der Waals surface area (Å²) < 4.78 is 11.4. The number of hydrogen-bond acceptors (Lipinski definition) is 5. The molecule has 174 valence electrons. The Morgan fingerprint density at radius 1 is 1.15 bits per heavy atom. The molecule has 0 unspecified atom stereocenters. The van der Waals surface area contributed by atoms with Crippen LogP contribution in [0.1, 0.15) is 31.7 Å². The minimum Gasteiger partial charge on any atom is -0.484 e. The lowest BCUT2D eigenvalue weighted by molar-refractivity contribution is -0.121. The molecule has 2 N–H and O–H groups in total. The van der Waals surface area contributed by atoms with E-state index in [1.54, 1.807) is 24.3 Å². The van der Waals surface area contributed by atoms with Gasteiger partial charge in [-0.2, -0.15) is 0 Å². The summed E-state index contributed by atoms with van der Waals surface area (Å²) in [6.07, 6.45) is 1.06. The summed E-state index contributed by atoms with van der Waals surface area (Å²) in [5.74, 6) is 1.15. The molecule has 34 heavy (non-hydrogen) atoms. The molecule has 6 nitrogen and oxygen atoms in total. The Morgan fingerprint density at radius 3 is 2.71 bits per heavy atom. The Balaban J connectivity index is 1.38. The molecule has 0 radical (unpaired) electrons. The number of benzene rings is 3. The van der Waals surface area contributed by atoms with Gasteiger partial charge in [-0.05, 0) is 84.7 Å². The molecule has 1 amide bonds. The van der Waals surface area contributed by atoms with Crippen molar-refractivity contribution in [1.29, 1.82) is 0 Å². The maximum atomic E-state index is 12.2. The first-order chi connectivity index (χ1) is 16.4. The average molecular weight is 494 g/mol. The average Bonchev–Trinajstić information content (AvgIpc) is 3.27. The predicted octanol–water partition coefficient (Wildman–Crippen LogP) is 6.55. The predicted molar refractivity (Wildman–Crippen MR) is 139 cm³/mol. The number of carbonyl (C=O) groups excluding carboxylic acids is 1. The number of halogens is 1. The maximum Gasteiger partial charge on any atom is 0.264 e.